The molecule has 0 N–H and O–H groups in total. The molecule has 0 aliphatic heterocycles. The van der Waals surface area contributed by atoms with Crippen LogP contribution in [0.25, 0.3) is 82.7 Å². The molecule has 0 amide bonds. The van der Waals surface area contributed by atoms with Gasteiger partial charge in [0, 0.05) is 32.9 Å². The van der Waals surface area contributed by atoms with Crippen LogP contribution in [0, 0.1) is 0 Å². The van der Waals surface area contributed by atoms with E-state index in [4.69, 9.17) is 4.98 Å². The topological polar surface area (TPSA) is 27.7 Å². The summed E-state index contributed by atoms with van der Waals surface area (Å²) in [5.74, 6) is 0.876. The van der Waals surface area contributed by atoms with E-state index in [2.05, 4.69) is 171 Å². The summed E-state index contributed by atoms with van der Waals surface area (Å²) in [6, 6.07) is 56.5. The summed E-state index contributed by atoms with van der Waals surface area (Å²) in [5.41, 5.74) is 8.91. The fourth-order valence-corrected chi connectivity index (χ4v) is 7.23. The van der Waals surface area contributed by atoms with Crippen LogP contribution in [-0.2, 0) is 0 Å². The zero-order valence-electron chi connectivity index (χ0n) is 24.3. The van der Waals surface area contributed by atoms with Crippen LogP contribution >= 0.6 is 0 Å². The Morgan fingerprint density at radius 1 is 0.333 bits per heavy atom. The summed E-state index contributed by atoms with van der Waals surface area (Å²) in [6.45, 7) is 0. The first-order valence-corrected chi connectivity index (χ1v) is 15.3. The molecule has 4 heteroatoms. The molecule has 0 fully saturated rings. The third-order valence-electron chi connectivity index (χ3n) is 9.20. The van der Waals surface area contributed by atoms with Crippen molar-refractivity contribution in [3.8, 4) is 17.3 Å². The van der Waals surface area contributed by atoms with Crippen molar-refractivity contribution in [1.29, 1.82) is 0 Å². The molecule has 0 saturated heterocycles. The maximum Gasteiger partial charge on any atom is 0.220 e. The van der Waals surface area contributed by atoms with Crippen molar-refractivity contribution in [2.75, 3.05) is 0 Å². The molecule has 0 atom stereocenters. The van der Waals surface area contributed by atoms with E-state index < -0.39 is 0 Å². The highest BCUT2D eigenvalue weighted by atomic mass is 15.2. The van der Waals surface area contributed by atoms with Crippen molar-refractivity contribution in [3.63, 3.8) is 0 Å². The molecule has 4 nitrogen and oxygen atoms in total. The first kappa shape index (κ1) is 24.3. The molecule has 0 radical (unpaired) electrons. The van der Waals surface area contributed by atoms with Crippen molar-refractivity contribution in [3.05, 3.63) is 158 Å². The van der Waals surface area contributed by atoms with Gasteiger partial charge in [0.1, 0.15) is 0 Å². The summed E-state index contributed by atoms with van der Waals surface area (Å²) in [4.78, 5) is 5.29. The minimum absolute atomic E-state index is 0.876. The maximum absolute atomic E-state index is 5.29. The van der Waals surface area contributed by atoms with Crippen molar-refractivity contribution in [2.24, 2.45) is 0 Å². The molecule has 0 aliphatic carbocycles. The number of imidazole rings is 1. The Labute approximate surface area is 258 Å². The van der Waals surface area contributed by atoms with Gasteiger partial charge in [0.15, 0.2) is 0 Å². The van der Waals surface area contributed by atoms with Crippen LogP contribution in [0.1, 0.15) is 0 Å². The molecule has 3 heterocycles. The zero-order chi connectivity index (χ0) is 29.5. The van der Waals surface area contributed by atoms with E-state index >= 15 is 0 Å². The fourth-order valence-electron chi connectivity index (χ4n) is 7.23. The lowest BCUT2D eigenvalue weighted by Crippen LogP contribution is -2.05. The van der Waals surface area contributed by atoms with E-state index in [1.165, 1.54) is 43.4 Å². The second-order valence-electron chi connectivity index (χ2n) is 11.7. The van der Waals surface area contributed by atoms with Gasteiger partial charge in [-0.2, -0.15) is 0 Å². The summed E-state index contributed by atoms with van der Waals surface area (Å²) < 4.78 is 7.05. The minimum atomic E-state index is 0.876. The molecule has 210 valence electrons. The molecular formula is C41H26N4. The smallest absolute Gasteiger partial charge is 0.220 e. The van der Waals surface area contributed by atoms with Gasteiger partial charge in [-0.05, 0) is 77.5 Å². The highest BCUT2D eigenvalue weighted by Gasteiger charge is 2.22. The molecule has 0 bridgehead atoms. The minimum Gasteiger partial charge on any atom is -0.309 e. The Kier molecular flexibility index (Phi) is 4.96. The van der Waals surface area contributed by atoms with Gasteiger partial charge < -0.3 is 4.57 Å². The third-order valence-corrected chi connectivity index (χ3v) is 9.20. The highest BCUT2D eigenvalue weighted by molar-refractivity contribution is 6.20. The fraction of sp³-hybridized carbons (Fsp3) is 0. The van der Waals surface area contributed by atoms with Crippen LogP contribution in [0.4, 0.5) is 0 Å². The van der Waals surface area contributed by atoms with E-state index in [0.29, 0.717) is 0 Å². The highest BCUT2D eigenvalue weighted by Crippen LogP contribution is 2.41. The molecule has 3 aromatic heterocycles. The Balaban J connectivity index is 1.40. The maximum atomic E-state index is 5.29. The number of para-hydroxylation sites is 5. The Hall–Kier alpha value is -6.13. The second-order valence-corrected chi connectivity index (χ2v) is 11.7. The molecule has 10 rings (SSSR count). The van der Waals surface area contributed by atoms with Gasteiger partial charge in [0.25, 0.3) is 0 Å². The average Bonchev–Trinajstić information content (AvgIpc) is 3.74. The largest absolute Gasteiger partial charge is 0.309 e. The van der Waals surface area contributed by atoms with Crippen LogP contribution in [-0.4, -0.2) is 18.7 Å². The van der Waals surface area contributed by atoms with Crippen molar-refractivity contribution < 1.29 is 0 Å². The van der Waals surface area contributed by atoms with E-state index in [9.17, 15) is 0 Å². The molecule has 45 heavy (non-hydrogen) atoms. The van der Waals surface area contributed by atoms with Crippen LogP contribution in [0.5, 0.6) is 0 Å². The number of rotatable bonds is 3. The number of benzene rings is 7. The molecule has 0 spiro atoms. The Morgan fingerprint density at radius 3 is 1.64 bits per heavy atom. The zero-order valence-corrected chi connectivity index (χ0v) is 24.3. The lowest BCUT2D eigenvalue weighted by Gasteiger charge is -2.13. The van der Waals surface area contributed by atoms with Crippen molar-refractivity contribution >= 4 is 65.4 Å². The molecule has 10 aromatic rings. The summed E-state index contributed by atoms with van der Waals surface area (Å²) in [7, 11) is 0. The van der Waals surface area contributed by atoms with Crippen molar-refractivity contribution in [1.82, 2.24) is 18.7 Å². The van der Waals surface area contributed by atoms with Gasteiger partial charge >= 0.3 is 0 Å². The number of fused-ring (bicyclic) bond motifs is 8. The van der Waals surface area contributed by atoms with Crippen LogP contribution < -0.4 is 0 Å². The van der Waals surface area contributed by atoms with E-state index in [0.717, 1.165) is 39.4 Å². The molecular weight excluding hydrogens is 548 g/mol. The second kappa shape index (κ2) is 9.18. The Morgan fingerprint density at radius 2 is 0.867 bits per heavy atom. The van der Waals surface area contributed by atoms with E-state index in [-0.39, 0.29) is 0 Å². The normalized spacial score (nSPS) is 12.0. The van der Waals surface area contributed by atoms with Gasteiger partial charge in [-0.1, -0.05) is 91.0 Å². The standard InChI is InChI=1S/C41H26N4/c1-3-15-29(16-4-1)43-38-24-28-14-8-7-13-27(28)23-32(38)34-25-33-31-19-9-11-21-36(31)45(40(33)26-39(34)43)41-42-35-20-10-12-22-37(35)44(41)30-17-5-2-6-18-30/h1-26H. The summed E-state index contributed by atoms with van der Waals surface area (Å²) in [5, 5.41) is 7.40. The number of hydrogen-bond acceptors (Lipinski definition) is 1. The SMILES string of the molecule is c1ccc(-n2c(-n3c4ccccc4c4cc5c6cc7ccccc7cc6n(-c6ccccc6)c5cc43)nc3ccccc32)cc1. The Bertz CT molecular complexity index is 2750. The van der Waals surface area contributed by atoms with Gasteiger partial charge in [-0.15, -0.1) is 0 Å². The third kappa shape index (κ3) is 3.45. The van der Waals surface area contributed by atoms with Crippen LogP contribution in [0.15, 0.2) is 158 Å². The van der Waals surface area contributed by atoms with E-state index in [1.807, 2.05) is 0 Å². The van der Waals surface area contributed by atoms with E-state index in [1.54, 1.807) is 0 Å². The molecule has 7 aromatic carbocycles. The molecule has 0 aliphatic rings. The molecule has 0 unspecified atom stereocenters. The first-order chi connectivity index (χ1) is 22.3. The van der Waals surface area contributed by atoms with Crippen molar-refractivity contribution in [2.45, 2.75) is 0 Å². The number of hydrogen-bond donors (Lipinski definition) is 0. The average molecular weight is 575 g/mol. The summed E-state index contributed by atoms with van der Waals surface area (Å²) in [6.07, 6.45) is 0. The van der Waals surface area contributed by atoms with Gasteiger partial charge in [-0.3, -0.25) is 9.13 Å². The predicted octanol–water partition coefficient (Wildman–Crippen LogP) is 10.4. The summed E-state index contributed by atoms with van der Waals surface area (Å²) >= 11 is 0. The van der Waals surface area contributed by atoms with Gasteiger partial charge in [0.05, 0.1) is 33.1 Å². The van der Waals surface area contributed by atoms with Gasteiger partial charge in [-0.25, -0.2) is 4.98 Å². The number of aromatic nitrogens is 4. The van der Waals surface area contributed by atoms with Crippen LogP contribution in [0.3, 0.4) is 0 Å². The predicted molar refractivity (Wildman–Crippen MR) is 187 cm³/mol. The quantitative estimate of drug-likeness (QED) is 0.206. The van der Waals surface area contributed by atoms with Gasteiger partial charge in [0.2, 0.25) is 5.95 Å². The first-order valence-electron chi connectivity index (χ1n) is 15.3. The lowest BCUT2D eigenvalue weighted by molar-refractivity contribution is 0.956. The number of nitrogens with zero attached hydrogens (tertiary/aromatic N) is 4. The molecule has 0 saturated carbocycles. The monoisotopic (exact) mass is 574 g/mol. The van der Waals surface area contributed by atoms with Crippen LogP contribution in [0.2, 0.25) is 0 Å². The lowest BCUT2D eigenvalue weighted by atomic mass is 10.0.